The van der Waals surface area contributed by atoms with Crippen LogP contribution >= 0.6 is 0 Å². The van der Waals surface area contributed by atoms with Crippen molar-refractivity contribution in [3.05, 3.63) is 71.0 Å². The Kier molecular flexibility index (Phi) is 4.23. The molecule has 134 valence electrons. The number of rotatable bonds is 4. The standard InChI is InChI=1S/C21H21FN2O2/c22-15-9-7-14(8-10-15)21(11-3-4-12-21)24-19(25)13-18-16-5-1-2-6-17(16)20(26)23-18/h1-2,5-10,18H,3-4,11-13H2,(H,23,26)(H,24,25). The van der Waals surface area contributed by atoms with Gasteiger partial charge in [-0.1, -0.05) is 43.2 Å². The van der Waals surface area contributed by atoms with Crippen molar-refractivity contribution < 1.29 is 14.0 Å². The number of hydrogen-bond acceptors (Lipinski definition) is 2. The minimum atomic E-state index is -0.438. The van der Waals surface area contributed by atoms with Crippen LogP contribution in [0.25, 0.3) is 0 Å². The smallest absolute Gasteiger partial charge is 0.252 e. The number of halogens is 1. The van der Waals surface area contributed by atoms with Crippen LogP contribution in [0.5, 0.6) is 0 Å². The van der Waals surface area contributed by atoms with Crippen molar-refractivity contribution in [2.24, 2.45) is 0 Å². The van der Waals surface area contributed by atoms with E-state index < -0.39 is 5.54 Å². The quantitative estimate of drug-likeness (QED) is 0.883. The van der Waals surface area contributed by atoms with E-state index in [9.17, 15) is 14.0 Å². The molecular formula is C21H21FN2O2. The highest BCUT2D eigenvalue weighted by molar-refractivity contribution is 5.99. The molecule has 2 aliphatic rings. The first kappa shape index (κ1) is 16.8. The normalized spacial score (nSPS) is 20.5. The number of amides is 2. The van der Waals surface area contributed by atoms with Crippen LogP contribution in [0.2, 0.25) is 0 Å². The summed E-state index contributed by atoms with van der Waals surface area (Å²) in [4.78, 5) is 24.8. The Morgan fingerprint density at radius 2 is 1.81 bits per heavy atom. The van der Waals surface area contributed by atoms with Gasteiger partial charge in [-0.25, -0.2) is 4.39 Å². The molecule has 2 aromatic carbocycles. The molecule has 1 aliphatic carbocycles. The van der Waals surface area contributed by atoms with Crippen LogP contribution in [0.15, 0.2) is 48.5 Å². The van der Waals surface area contributed by atoms with Crippen molar-refractivity contribution in [1.82, 2.24) is 10.6 Å². The summed E-state index contributed by atoms with van der Waals surface area (Å²) < 4.78 is 13.3. The third-order valence-electron chi connectivity index (χ3n) is 5.51. The Morgan fingerprint density at radius 3 is 2.54 bits per heavy atom. The molecule has 1 aliphatic heterocycles. The monoisotopic (exact) mass is 352 g/mol. The molecule has 1 heterocycles. The van der Waals surface area contributed by atoms with Gasteiger partial charge in [0, 0.05) is 5.56 Å². The van der Waals surface area contributed by atoms with Crippen LogP contribution in [-0.4, -0.2) is 11.8 Å². The van der Waals surface area contributed by atoms with E-state index in [1.165, 1.54) is 12.1 Å². The molecular weight excluding hydrogens is 331 g/mol. The summed E-state index contributed by atoms with van der Waals surface area (Å²) in [5, 5.41) is 6.07. The number of hydrogen-bond donors (Lipinski definition) is 2. The van der Waals surface area contributed by atoms with Crippen LogP contribution < -0.4 is 10.6 Å². The second-order valence-electron chi connectivity index (χ2n) is 7.16. The fourth-order valence-electron chi connectivity index (χ4n) is 4.22. The van der Waals surface area contributed by atoms with Crippen LogP contribution in [0.3, 0.4) is 0 Å². The van der Waals surface area contributed by atoms with Gasteiger partial charge in [-0.05, 0) is 42.2 Å². The maximum absolute atomic E-state index is 13.3. The molecule has 4 rings (SSSR count). The third kappa shape index (κ3) is 2.98. The van der Waals surface area contributed by atoms with E-state index in [0.717, 1.165) is 36.8 Å². The Hall–Kier alpha value is -2.69. The first-order valence-electron chi connectivity index (χ1n) is 9.04. The third-order valence-corrected chi connectivity index (χ3v) is 5.51. The predicted octanol–water partition coefficient (Wildman–Crippen LogP) is 3.59. The van der Waals surface area contributed by atoms with Gasteiger partial charge in [0.15, 0.2) is 0 Å². The average Bonchev–Trinajstić information content (AvgIpc) is 3.22. The topological polar surface area (TPSA) is 58.2 Å². The van der Waals surface area contributed by atoms with Gasteiger partial charge in [-0.2, -0.15) is 0 Å². The van der Waals surface area contributed by atoms with Gasteiger partial charge in [0.2, 0.25) is 5.91 Å². The van der Waals surface area contributed by atoms with Crippen molar-refractivity contribution >= 4 is 11.8 Å². The first-order valence-corrected chi connectivity index (χ1v) is 9.04. The highest BCUT2D eigenvalue weighted by Gasteiger charge is 2.38. The summed E-state index contributed by atoms with van der Waals surface area (Å²) in [7, 11) is 0. The lowest BCUT2D eigenvalue weighted by Crippen LogP contribution is -2.44. The molecule has 4 nitrogen and oxygen atoms in total. The lowest BCUT2D eigenvalue weighted by molar-refractivity contribution is -0.123. The molecule has 1 saturated carbocycles. The first-order chi connectivity index (χ1) is 12.6. The molecule has 26 heavy (non-hydrogen) atoms. The molecule has 1 fully saturated rings. The van der Waals surface area contributed by atoms with Gasteiger partial charge in [-0.3, -0.25) is 9.59 Å². The Labute approximate surface area is 151 Å². The zero-order valence-electron chi connectivity index (χ0n) is 14.4. The van der Waals surface area contributed by atoms with E-state index in [-0.39, 0.29) is 30.1 Å². The average molecular weight is 352 g/mol. The number of nitrogens with one attached hydrogen (secondary N) is 2. The van der Waals surface area contributed by atoms with Crippen molar-refractivity contribution in [1.29, 1.82) is 0 Å². The Bertz CT molecular complexity index is 841. The maximum atomic E-state index is 13.3. The molecule has 0 radical (unpaired) electrons. The van der Waals surface area contributed by atoms with Crippen molar-refractivity contribution in [3.63, 3.8) is 0 Å². The fraction of sp³-hybridized carbons (Fsp3) is 0.333. The van der Waals surface area contributed by atoms with Gasteiger partial charge in [-0.15, -0.1) is 0 Å². The highest BCUT2D eigenvalue weighted by atomic mass is 19.1. The minimum absolute atomic E-state index is 0.0989. The molecule has 2 amide bonds. The van der Waals surface area contributed by atoms with E-state index in [1.807, 2.05) is 18.2 Å². The second kappa shape index (κ2) is 6.56. The van der Waals surface area contributed by atoms with Crippen molar-refractivity contribution in [2.75, 3.05) is 0 Å². The van der Waals surface area contributed by atoms with Crippen LogP contribution in [0.4, 0.5) is 4.39 Å². The van der Waals surface area contributed by atoms with Gasteiger partial charge in [0.25, 0.3) is 5.91 Å². The molecule has 1 atom stereocenters. The zero-order valence-corrected chi connectivity index (χ0v) is 14.4. The number of carbonyl (C=O) groups excluding carboxylic acids is 2. The number of carbonyl (C=O) groups is 2. The van der Waals surface area contributed by atoms with Gasteiger partial charge >= 0.3 is 0 Å². The van der Waals surface area contributed by atoms with Gasteiger partial charge in [0.05, 0.1) is 18.0 Å². The lowest BCUT2D eigenvalue weighted by atomic mass is 9.87. The lowest BCUT2D eigenvalue weighted by Gasteiger charge is -2.31. The summed E-state index contributed by atoms with van der Waals surface area (Å²) in [6.07, 6.45) is 3.95. The van der Waals surface area contributed by atoms with E-state index in [2.05, 4.69) is 10.6 Å². The van der Waals surface area contributed by atoms with E-state index in [4.69, 9.17) is 0 Å². The SMILES string of the molecule is O=C(CC1NC(=O)c2ccccc21)NC1(c2ccc(F)cc2)CCCC1. The van der Waals surface area contributed by atoms with Crippen LogP contribution in [0.1, 0.15) is 59.6 Å². The molecule has 2 aromatic rings. The molecule has 1 unspecified atom stereocenters. The predicted molar refractivity (Wildman–Crippen MR) is 96.0 cm³/mol. The van der Waals surface area contributed by atoms with Crippen LogP contribution in [-0.2, 0) is 10.3 Å². The largest absolute Gasteiger partial charge is 0.347 e. The molecule has 0 aromatic heterocycles. The Morgan fingerprint density at radius 1 is 1.12 bits per heavy atom. The molecule has 0 spiro atoms. The van der Waals surface area contributed by atoms with Gasteiger partial charge < -0.3 is 10.6 Å². The number of benzene rings is 2. The summed E-state index contributed by atoms with van der Waals surface area (Å²) >= 11 is 0. The second-order valence-corrected chi connectivity index (χ2v) is 7.16. The van der Waals surface area contributed by atoms with E-state index in [1.54, 1.807) is 18.2 Å². The summed E-state index contributed by atoms with van der Waals surface area (Å²) in [5.74, 6) is -0.510. The summed E-state index contributed by atoms with van der Waals surface area (Å²) in [6.45, 7) is 0. The van der Waals surface area contributed by atoms with Crippen LogP contribution in [0, 0.1) is 5.82 Å². The molecule has 0 bridgehead atoms. The molecule has 2 N–H and O–H groups in total. The molecule has 0 saturated heterocycles. The highest BCUT2D eigenvalue weighted by Crippen LogP contribution is 2.39. The summed E-state index contributed by atoms with van der Waals surface area (Å²) in [6, 6.07) is 13.5. The fourth-order valence-corrected chi connectivity index (χ4v) is 4.22. The van der Waals surface area contributed by atoms with E-state index in [0.29, 0.717) is 5.56 Å². The van der Waals surface area contributed by atoms with Gasteiger partial charge in [0.1, 0.15) is 5.82 Å². The van der Waals surface area contributed by atoms with Crippen molar-refractivity contribution in [2.45, 2.75) is 43.7 Å². The number of fused-ring (bicyclic) bond motifs is 1. The van der Waals surface area contributed by atoms with Crippen molar-refractivity contribution in [3.8, 4) is 0 Å². The maximum Gasteiger partial charge on any atom is 0.252 e. The summed E-state index contributed by atoms with van der Waals surface area (Å²) in [5.41, 5.74) is 2.02. The minimum Gasteiger partial charge on any atom is -0.347 e. The molecule has 5 heteroatoms. The van der Waals surface area contributed by atoms with E-state index >= 15 is 0 Å². The zero-order chi connectivity index (χ0) is 18.1. The Balaban J connectivity index is 1.52.